The molecule has 0 saturated carbocycles. The summed E-state index contributed by atoms with van der Waals surface area (Å²) in [7, 11) is -0.830. The third kappa shape index (κ3) is 4.44. The molecule has 0 N–H and O–H groups in total. The summed E-state index contributed by atoms with van der Waals surface area (Å²) in [6, 6.07) is 13.1. The second kappa shape index (κ2) is 8.52. The van der Waals surface area contributed by atoms with Crippen LogP contribution in [0.4, 0.5) is 0 Å². The minimum Gasteiger partial charge on any atom is -0.335 e. The number of halogens is 1. The van der Waals surface area contributed by atoms with Crippen LogP contribution in [0.1, 0.15) is 20.7 Å². The summed E-state index contributed by atoms with van der Waals surface area (Å²) in [6.07, 6.45) is 0. The SMILES string of the molecule is CN(C)S(=O)(=O)c1ccc(Cl)c(C(=O)N2CCN(C(=O)c3ccccc3)CC2)c1. The van der Waals surface area contributed by atoms with Crippen molar-refractivity contribution in [1.82, 2.24) is 14.1 Å². The lowest BCUT2D eigenvalue weighted by Crippen LogP contribution is -2.50. The zero-order valence-electron chi connectivity index (χ0n) is 16.2. The van der Waals surface area contributed by atoms with E-state index in [0.717, 1.165) is 4.31 Å². The van der Waals surface area contributed by atoms with Crippen LogP contribution in [0.25, 0.3) is 0 Å². The van der Waals surface area contributed by atoms with Gasteiger partial charge < -0.3 is 9.80 Å². The number of hydrogen-bond acceptors (Lipinski definition) is 4. The Morgan fingerprint density at radius 3 is 2.00 bits per heavy atom. The van der Waals surface area contributed by atoms with Crippen molar-refractivity contribution in [2.45, 2.75) is 4.90 Å². The number of carbonyl (C=O) groups excluding carboxylic acids is 2. The van der Waals surface area contributed by atoms with Crippen molar-refractivity contribution in [2.75, 3.05) is 40.3 Å². The number of sulfonamides is 1. The number of hydrogen-bond donors (Lipinski definition) is 0. The second-order valence-corrected chi connectivity index (χ2v) is 9.44. The molecule has 7 nitrogen and oxygen atoms in total. The van der Waals surface area contributed by atoms with Crippen molar-refractivity contribution in [2.24, 2.45) is 0 Å². The van der Waals surface area contributed by atoms with Gasteiger partial charge in [-0.15, -0.1) is 0 Å². The van der Waals surface area contributed by atoms with Gasteiger partial charge in [-0.2, -0.15) is 0 Å². The molecule has 3 rings (SSSR count). The van der Waals surface area contributed by atoms with E-state index >= 15 is 0 Å². The Morgan fingerprint density at radius 2 is 1.45 bits per heavy atom. The predicted molar refractivity (Wildman–Crippen MR) is 111 cm³/mol. The van der Waals surface area contributed by atoms with E-state index in [4.69, 9.17) is 11.6 Å². The summed E-state index contributed by atoms with van der Waals surface area (Å²) >= 11 is 6.18. The molecule has 1 aliphatic rings. The molecule has 2 amide bonds. The van der Waals surface area contributed by atoms with E-state index in [0.29, 0.717) is 31.7 Å². The van der Waals surface area contributed by atoms with Gasteiger partial charge in [0.2, 0.25) is 10.0 Å². The van der Waals surface area contributed by atoms with Gasteiger partial charge in [0, 0.05) is 45.8 Å². The molecule has 0 aliphatic carbocycles. The highest BCUT2D eigenvalue weighted by molar-refractivity contribution is 7.89. The Labute approximate surface area is 175 Å². The van der Waals surface area contributed by atoms with Crippen molar-refractivity contribution < 1.29 is 18.0 Å². The van der Waals surface area contributed by atoms with E-state index < -0.39 is 10.0 Å². The van der Waals surface area contributed by atoms with Crippen LogP contribution in [0.15, 0.2) is 53.4 Å². The van der Waals surface area contributed by atoms with Crippen LogP contribution in [0, 0.1) is 0 Å². The van der Waals surface area contributed by atoms with E-state index in [-0.39, 0.29) is 27.3 Å². The monoisotopic (exact) mass is 435 g/mol. The Bertz CT molecular complexity index is 1020. The molecule has 2 aromatic carbocycles. The molecular weight excluding hydrogens is 414 g/mol. The van der Waals surface area contributed by atoms with Crippen LogP contribution in [-0.4, -0.2) is 74.6 Å². The van der Waals surface area contributed by atoms with Gasteiger partial charge in [0.1, 0.15) is 0 Å². The van der Waals surface area contributed by atoms with E-state index in [1.54, 1.807) is 21.9 Å². The van der Waals surface area contributed by atoms with Gasteiger partial charge >= 0.3 is 0 Å². The first kappa shape index (κ1) is 21.3. The van der Waals surface area contributed by atoms with Gasteiger partial charge in [0.05, 0.1) is 15.5 Å². The zero-order valence-corrected chi connectivity index (χ0v) is 17.8. The topological polar surface area (TPSA) is 78.0 Å². The fourth-order valence-electron chi connectivity index (χ4n) is 3.09. The number of carbonyl (C=O) groups is 2. The van der Waals surface area contributed by atoms with Crippen LogP contribution in [-0.2, 0) is 10.0 Å². The molecule has 0 atom stereocenters. The van der Waals surface area contributed by atoms with E-state index in [1.165, 1.54) is 32.3 Å². The third-order valence-corrected chi connectivity index (χ3v) is 6.96. The van der Waals surface area contributed by atoms with Crippen molar-refractivity contribution in [1.29, 1.82) is 0 Å². The highest BCUT2D eigenvalue weighted by atomic mass is 35.5. The predicted octanol–water partition coefficient (Wildman–Crippen LogP) is 2.19. The Morgan fingerprint density at radius 1 is 0.897 bits per heavy atom. The maximum atomic E-state index is 12.9. The lowest BCUT2D eigenvalue weighted by Gasteiger charge is -2.35. The van der Waals surface area contributed by atoms with Crippen LogP contribution in [0.3, 0.4) is 0 Å². The second-order valence-electron chi connectivity index (χ2n) is 6.88. The molecule has 1 fully saturated rings. The number of nitrogens with zero attached hydrogens (tertiary/aromatic N) is 3. The maximum Gasteiger partial charge on any atom is 0.255 e. The summed E-state index contributed by atoms with van der Waals surface area (Å²) < 4.78 is 25.8. The molecule has 0 radical (unpaired) electrons. The standard InChI is InChI=1S/C20H22ClN3O4S/c1-22(2)29(27,28)16-8-9-18(21)17(14-16)20(26)24-12-10-23(11-13-24)19(25)15-6-4-3-5-7-15/h3-9,14H,10-13H2,1-2H3. The highest BCUT2D eigenvalue weighted by Gasteiger charge is 2.28. The van der Waals surface area contributed by atoms with Crippen molar-refractivity contribution >= 4 is 33.4 Å². The van der Waals surface area contributed by atoms with Gasteiger partial charge in [-0.1, -0.05) is 29.8 Å². The fourth-order valence-corrected chi connectivity index (χ4v) is 4.21. The van der Waals surface area contributed by atoms with Gasteiger partial charge in [-0.05, 0) is 30.3 Å². The number of piperazine rings is 1. The smallest absolute Gasteiger partial charge is 0.255 e. The Kier molecular flexibility index (Phi) is 6.26. The number of rotatable bonds is 4. The maximum absolute atomic E-state index is 12.9. The summed E-state index contributed by atoms with van der Waals surface area (Å²) in [5.74, 6) is -0.424. The molecule has 2 aromatic rings. The van der Waals surface area contributed by atoms with Crippen molar-refractivity contribution in [3.8, 4) is 0 Å². The normalized spacial score (nSPS) is 14.9. The average Bonchev–Trinajstić information content (AvgIpc) is 2.73. The largest absolute Gasteiger partial charge is 0.335 e. The lowest BCUT2D eigenvalue weighted by atomic mass is 10.1. The van der Waals surface area contributed by atoms with Gasteiger partial charge in [-0.3, -0.25) is 9.59 Å². The fraction of sp³-hybridized carbons (Fsp3) is 0.300. The molecule has 0 bridgehead atoms. The van der Waals surface area contributed by atoms with E-state index in [9.17, 15) is 18.0 Å². The molecule has 154 valence electrons. The Balaban J connectivity index is 1.73. The van der Waals surface area contributed by atoms with Crippen LogP contribution >= 0.6 is 11.6 Å². The molecule has 1 aliphatic heterocycles. The molecule has 0 aromatic heterocycles. The molecular formula is C20H22ClN3O4S. The number of benzene rings is 2. The first-order valence-corrected chi connectivity index (χ1v) is 10.9. The van der Waals surface area contributed by atoms with Crippen molar-refractivity contribution in [3.63, 3.8) is 0 Å². The minimum absolute atomic E-state index is 0.00754. The number of amides is 2. The molecule has 9 heteroatoms. The average molecular weight is 436 g/mol. The molecule has 29 heavy (non-hydrogen) atoms. The highest BCUT2D eigenvalue weighted by Crippen LogP contribution is 2.24. The molecule has 0 spiro atoms. The van der Waals surface area contributed by atoms with E-state index in [1.807, 2.05) is 18.2 Å². The zero-order chi connectivity index (χ0) is 21.2. The summed E-state index contributed by atoms with van der Waals surface area (Å²) in [5.41, 5.74) is 0.745. The van der Waals surface area contributed by atoms with Crippen LogP contribution in [0.2, 0.25) is 5.02 Å². The summed E-state index contributed by atoms with van der Waals surface area (Å²) in [5, 5.41) is 0.190. The summed E-state index contributed by atoms with van der Waals surface area (Å²) in [4.78, 5) is 28.8. The molecule has 1 saturated heterocycles. The van der Waals surface area contributed by atoms with E-state index in [2.05, 4.69) is 0 Å². The summed E-state index contributed by atoms with van der Waals surface area (Å²) in [6.45, 7) is 1.48. The first-order valence-electron chi connectivity index (χ1n) is 9.07. The van der Waals surface area contributed by atoms with Gasteiger partial charge in [0.15, 0.2) is 0 Å². The third-order valence-electron chi connectivity index (χ3n) is 4.82. The quantitative estimate of drug-likeness (QED) is 0.737. The molecule has 1 heterocycles. The van der Waals surface area contributed by atoms with Crippen LogP contribution < -0.4 is 0 Å². The molecule has 0 unspecified atom stereocenters. The van der Waals surface area contributed by atoms with Gasteiger partial charge in [-0.25, -0.2) is 12.7 Å². The Hall–Kier alpha value is -2.42. The first-order chi connectivity index (χ1) is 13.7. The van der Waals surface area contributed by atoms with Crippen molar-refractivity contribution in [3.05, 3.63) is 64.7 Å². The minimum atomic E-state index is -3.68. The van der Waals surface area contributed by atoms with Gasteiger partial charge in [0.25, 0.3) is 11.8 Å². The lowest BCUT2D eigenvalue weighted by molar-refractivity contribution is 0.0535. The van der Waals surface area contributed by atoms with Crippen LogP contribution in [0.5, 0.6) is 0 Å².